The zero-order valence-electron chi connectivity index (χ0n) is 11.8. The smallest absolute Gasteiger partial charge is 0.295 e. The van der Waals surface area contributed by atoms with Crippen molar-refractivity contribution in [1.82, 2.24) is 4.72 Å². The fourth-order valence-electron chi connectivity index (χ4n) is 2.39. The Hall–Kier alpha value is -1.40. The van der Waals surface area contributed by atoms with Crippen LogP contribution in [0.2, 0.25) is 0 Å². The van der Waals surface area contributed by atoms with Gasteiger partial charge in [-0.2, -0.15) is 13.1 Å². The quantitative estimate of drug-likeness (QED) is 0.819. The molecule has 0 amide bonds. The molecule has 0 bridgehead atoms. The molecule has 6 heteroatoms. The number of anilines is 1. The number of Topliss-reactive ketones (excluding diaryl/α,β-unsaturated/α-hetero) is 1. The van der Waals surface area contributed by atoms with Crippen LogP contribution < -0.4 is 9.44 Å². The van der Waals surface area contributed by atoms with Crippen LogP contribution in [0.5, 0.6) is 0 Å². The molecule has 0 radical (unpaired) electrons. The average Bonchev–Trinajstić information content (AvgIpc) is 2.83. The van der Waals surface area contributed by atoms with Gasteiger partial charge in [-0.1, -0.05) is 25.0 Å². The highest BCUT2D eigenvalue weighted by Crippen LogP contribution is 2.21. The maximum Gasteiger partial charge on any atom is 0.299 e. The van der Waals surface area contributed by atoms with Crippen LogP contribution in [0.25, 0.3) is 0 Å². The normalized spacial score (nSPS) is 16.3. The van der Waals surface area contributed by atoms with Crippen molar-refractivity contribution < 1.29 is 13.2 Å². The van der Waals surface area contributed by atoms with E-state index >= 15 is 0 Å². The number of benzene rings is 1. The molecule has 1 aliphatic carbocycles. The van der Waals surface area contributed by atoms with Crippen molar-refractivity contribution in [2.75, 3.05) is 4.72 Å². The van der Waals surface area contributed by atoms with Crippen molar-refractivity contribution in [2.24, 2.45) is 0 Å². The van der Waals surface area contributed by atoms with Crippen LogP contribution in [-0.4, -0.2) is 20.2 Å². The number of rotatable bonds is 5. The summed E-state index contributed by atoms with van der Waals surface area (Å²) >= 11 is 0. The first-order valence-corrected chi connectivity index (χ1v) is 8.27. The number of hydrogen-bond acceptors (Lipinski definition) is 3. The fourth-order valence-corrected chi connectivity index (χ4v) is 3.63. The third-order valence-corrected chi connectivity index (χ3v) is 4.70. The maximum absolute atomic E-state index is 12.1. The summed E-state index contributed by atoms with van der Waals surface area (Å²) in [4.78, 5) is 11.4. The van der Waals surface area contributed by atoms with Gasteiger partial charge in [0, 0.05) is 11.6 Å². The molecule has 0 atom stereocenters. The summed E-state index contributed by atoms with van der Waals surface area (Å²) in [6.45, 7) is 3.26. The fraction of sp³-hybridized carbons (Fsp3) is 0.500. The summed E-state index contributed by atoms with van der Waals surface area (Å²) in [5.41, 5.74) is 1.73. The molecule has 1 aromatic rings. The first-order chi connectivity index (χ1) is 9.37. The summed E-state index contributed by atoms with van der Waals surface area (Å²) in [5.74, 6) is -0.0887. The predicted octanol–water partition coefficient (Wildman–Crippen LogP) is 2.39. The van der Waals surface area contributed by atoms with Gasteiger partial charge in [-0.25, -0.2) is 0 Å². The molecule has 5 nitrogen and oxygen atoms in total. The van der Waals surface area contributed by atoms with Gasteiger partial charge in [-0.05, 0) is 38.3 Å². The monoisotopic (exact) mass is 296 g/mol. The Morgan fingerprint density at radius 1 is 1.25 bits per heavy atom. The van der Waals surface area contributed by atoms with Crippen molar-refractivity contribution in [1.29, 1.82) is 0 Å². The molecular formula is C14H20N2O3S. The maximum atomic E-state index is 12.1. The summed E-state index contributed by atoms with van der Waals surface area (Å²) in [6.07, 6.45) is 3.89. The second-order valence-corrected chi connectivity index (χ2v) is 6.74. The third kappa shape index (κ3) is 3.80. The number of aryl methyl sites for hydroxylation is 1. The van der Waals surface area contributed by atoms with Gasteiger partial charge >= 0.3 is 0 Å². The lowest BCUT2D eigenvalue weighted by molar-refractivity contribution is 0.101. The second kappa shape index (κ2) is 5.93. The standard InChI is InChI=1S/C14H20N2O3S/c1-10-7-8-12(11(2)17)9-14(10)16-20(18,19)15-13-5-3-4-6-13/h7-9,13,15-16H,3-6H2,1-2H3. The number of carbonyl (C=O) groups is 1. The predicted molar refractivity (Wildman–Crippen MR) is 79.1 cm³/mol. The van der Waals surface area contributed by atoms with Gasteiger partial charge in [-0.3, -0.25) is 9.52 Å². The summed E-state index contributed by atoms with van der Waals surface area (Å²) in [5, 5.41) is 0. The Balaban J connectivity index is 2.15. The lowest BCUT2D eigenvalue weighted by Crippen LogP contribution is -2.37. The number of hydrogen-bond donors (Lipinski definition) is 2. The molecule has 0 spiro atoms. The molecule has 0 saturated heterocycles. The Morgan fingerprint density at radius 3 is 2.50 bits per heavy atom. The van der Waals surface area contributed by atoms with Gasteiger partial charge in [0.2, 0.25) is 0 Å². The first kappa shape index (κ1) is 15.0. The van der Waals surface area contributed by atoms with Crippen LogP contribution in [0.1, 0.15) is 48.5 Å². The molecule has 0 aliphatic heterocycles. The van der Waals surface area contributed by atoms with Gasteiger partial charge < -0.3 is 0 Å². The minimum Gasteiger partial charge on any atom is -0.295 e. The molecule has 1 aliphatic rings. The second-order valence-electron chi connectivity index (χ2n) is 5.29. The van der Waals surface area contributed by atoms with E-state index in [9.17, 15) is 13.2 Å². The number of nitrogens with one attached hydrogen (secondary N) is 2. The zero-order chi connectivity index (χ0) is 14.8. The van der Waals surface area contributed by atoms with E-state index in [4.69, 9.17) is 0 Å². The Morgan fingerprint density at radius 2 is 1.90 bits per heavy atom. The molecule has 0 aromatic heterocycles. The first-order valence-electron chi connectivity index (χ1n) is 6.79. The van der Waals surface area contributed by atoms with E-state index in [-0.39, 0.29) is 11.8 Å². The Bertz CT molecular complexity index is 605. The van der Waals surface area contributed by atoms with E-state index in [1.54, 1.807) is 25.1 Å². The molecule has 20 heavy (non-hydrogen) atoms. The van der Waals surface area contributed by atoms with Crippen LogP contribution >= 0.6 is 0 Å². The van der Waals surface area contributed by atoms with Crippen LogP contribution in [0, 0.1) is 6.92 Å². The molecule has 0 heterocycles. The highest BCUT2D eigenvalue weighted by molar-refractivity contribution is 7.90. The average molecular weight is 296 g/mol. The van der Waals surface area contributed by atoms with Crippen LogP contribution in [0.15, 0.2) is 18.2 Å². The minimum absolute atomic E-state index is 0.0174. The van der Waals surface area contributed by atoms with Crippen molar-refractivity contribution in [3.63, 3.8) is 0 Å². The molecule has 110 valence electrons. The molecule has 1 saturated carbocycles. The number of carbonyl (C=O) groups excluding carboxylic acids is 1. The Kier molecular flexibility index (Phi) is 4.45. The molecule has 1 fully saturated rings. The highest BCUT2D eigenvalue weighted by atomic mass is 32.2. The lowest BCUT2D eigenvalue weighted by atomic mass is 10.1. The summed E-state index contributed by atoms with van der Waals surface area (Å²) in [7, 11) is -3.59. The molecule has 2 rings (SSSR count). The van der Waals surface area contributed by atoms with E-state index in [0.29, 0.717) is 11.3 Å². The molecular weight excluding hydrogens is 276 g/mol. The van der Waals surface area contributed by atoms with E-state index < -0.39 is 10.2 Å². The van der Waals surface area contributed by atoms with Crippen molar-refractivity contribution in [2.45, 2.75) is 45.6 Å². The van der Waals surface area contributed by atoms with Gasteiger partial charge in [0.15, 0.2) is 5.78 Å². The lowest BCUT2D eigenvalue weighted by Gasteiger charge is -2.15. The largest absolute Gasteiger partial charge is 0.299 e. The van der Waals surface area contributed by atoms with Gasteiger partial charge in [0.05, 0.1) is 5.69 Å². The van der Waals surface area contributed by atoms with Crippen molar-refractivity contribution in [3.8, 4) is 0 Å². The molecule has 0 unspecified atom stereocenters. The van der Waals surface area contributed by atoms with E-state index in [1.807, 2.05) is 0 Å². The zero-order valence-corrected chi connectivity index (χ0v) is 12.6. The van der Waals surface area contributed by atoms with Crippen molar-refractivity contribution in [3.05, 3.63) is 29.3 Å². The number of ketones is 1. The Labute approximate surface area is 120 Å². The van der Waals surface area contributed by atoms with Gasteiger partial charge in [0.1, 0.15) is 0 Å². The van der Waals surface area contributed by atoms with Crippen molar-refractivity contribution >= 4 is 21.7 Å². The highest BCUT2D eigenvalue weighted by Gasteiger charge is 2.21. The van der Waals surface area contributed by atoms with Crippen LogP contribution in [0.4, 0.5) is 5.69 Å². The van der Waals surface area contributed by atoms with E-state index in [1.165, 1.54) is 6.92 Å². The summed E-state index contributed by atoms with van der Waals surface area (Å²) < 4.78 is 29.3. The van der Waals surface area contributed by atoms with Crippen LogP contribution in [0.3, 0.4) is 0 Å². The molecule has 2 N–H and O–H groups in total. The van der Waals surface area contributed by atoms with Gasteiger partial charge in [0.25, 0.3) is 10.2 Å². The van der Waals surface area contributed by atoms with E-state index in [2.05, 4.69) is 9.44 Å². The molecule has 1 aromatic carbocycles. The SMILES string of the molecule is CC(=O)c1ccc(C)c(NS(=O)(=O)NC2CCCC2)c1. The van der Waals surface area contributed by atoms with Crippen LogP contribution in [-0.2, 0) is 10.2 Å². The van der Waals surface area contributed by atoms with Gasteiger partial charge in [-0.15, -0.1) is 0 Å². The summed E-state index contributed by atoms with van der Waals surface area (Å²) in [6, 6.07) is 5.03. The third-order valence-electron chi connectivity index (χ3n) is 3.57. The minimum atomic E-state index is -3.59. The topological polar surface area (TPSA) is 75.3 Å². The van der Waals surface area contributed by atoms with E-state index in [0.717, 1.165) is 31.2 Å².